The highest BCUT2D eigenvalue weighted by Crippen LogP contribution is 2.34. The number of nitrogens with one attached hydrogen (secondary N) is 3. The van der Waals surface area contributed by atoms with Gasteiger partial charge in [-0.3, -0.25) is 15.1 Å². The summed E-state index contributed by atoms with van der Waals surface area (Å²) >= 11 is 0. The minimum Gasteiger partial charge on any atom is -0.358 e. The van der Waals surface area contributed by atoms with Crippen LogP contribution < -0.4 is 5.32 Å². The Balaban J connectivity index is 1.07. The van der Waals surface area contributed by atoms with E-state index in [1.807, 2.05) is 24.4 Å². The summed E-state index contributed by atoms with van der Waals surface area (Å²) in [5.41, 5.74) is 10.4. The van der Waals surface area contributed by atoms with Crippen LogP contribution in [0.1, 0.15) is 62.6 Å². The molecule has 2 aliphatic heterocycles. The van der Waals surface area contributed by atoms with Gasteiger partial charge in [0.2, 0.25) is 0 Å². The molecule has 0 unspecified atom stereocenters. The number of nitrogens with zero attached hydrogens (tertiary/aromatic N) is 5. The van der Waals surface area contributed by atoms with E-state index in [1.54, 1.807) is 18.3 Å². The molecule has 1 aliphatic carbocycles. The van der Waals surface area contributed by atoms with E-state index in [2.05, 4.69) is 61.3 Å². The average Bonchev–Trinajstić information content (AvgIpc) is 3.86. The number of aryl methyl sites for hydroxylation is 1. The molecule has 0 atom stereocenters. The van der Waals surface area contributed by atoms with Crippen LogP contribution in [-0.4, -0.2) is 62.4 Å². The SMILES string of the molecule is C=C(NC1=CC(c2ccc3[nH]nc(-c4cc5c(-c6cc(F)cc(CCCN7CCCC7)c6)nccc5[nH]4)c3n2)=CCN=C1)C1CCCCC1. The summed E-state index contributed by atoms with van der Waals surface area (Å²) < 4.78 is 14.9. The van der Waals surface area contributed by atoms with Crippen molar-refractivity contribution in [3.63, 3.8) is 0 Å². The predicted molar refractivity (Wildman–Crippen MR) is 197 cm³/mol. The van der Waals surface area contributed by atoms with Crippen molar-refractivity contribution in [3.8, 4) is 22.6 Å². The van der Waals surface area contributed by atoms with Gasteiger partial charge in [0.1, 0.15) is 17.0 Å². The van der Waals surface area contributed by atoms with E-state index in [0.29, 0.717) is 12.5 Å². The van der Waals surface area contributed by atoms with Crippen molar-refractivity contribution in [1.29, 1.82) is 0 Å². The minimum absolute atomic E-state index is 0.234. The molecule has 5 aromatic rings. The fourth-order valence-corrected chi connectivity index (χ4v) is 7.65. The molecule has 3 N–H and O–H groups in total. The highest BCUT2D eigenvalue weighted by atomic mass is 19.1. The third kappa shape index (κ3) is 6.85. The summed E-state index contributed by atoms with van der Waals surface area (Å²) in [4.78, 5) is 20.5. The standard InChI is InChI=1S/C40H43FN8/c1-26(28-9-3-2-4-10-28)44-32-23-29(13-15-42-25-32)34-11-12-36-39(46-34)40(48-47-36)37-24-33-35(45-37)14-16-43-38(33)30-20-27(21-31(41)22-30)8-7-19-49-17-5-6-18-49/h11-14,16,20-25,28,44-45H,1-10,15,17-19H2,(H,47,48). The van der Waals surface area contributed by atoms with Crippen LogP contribution in [0.3, 0.4) is 0 Å². The maximum atomic E-state index is 14.9. The third-order valence-electron chi connectivity index (χ3n) is 10.2. The van der Waals surface area contributed by atoms with E-state index in [4.69, 9.17) is 9.97 Å². The molecule has 9 heteroatoms. The maximum absolute atomic E-state index is 14.9. The molecule has 250 valence electrons. The van der Waals surface area contributed by atoms with Gasteiger partial charge in [0, 0.05) is 40.1 Å². The van der Waals surface area contributed by atoms with E-state index >= 15 is 0 Å². The van der Waals surface area contributed by atoms with Crippen molar-refractivity contribution < 1.29 is 4.39 Å². The van der Waals surface area contributed by atoms with E-state index in [9.17, 15) is 4.39 Å². The van der Waals surface area contributed by atoms with Crippen molar-refractivity contribution >= 4 is 33.7 Å². The number of likely N-dealkylation sites (tertiary alicyclic amines) is 1. The summed E-state index contributed by atoms with van der Waals surface area (Å²) in [5.74, 6) is 0.267. The average molecular weight is 655 g/mol. The van der Waals surface area contributed by atoms with E-state index in [-0.39, 0.29) is 5.82 Å². The van der Waals surface area contributed by atoms with Crippen LogP contribution in [0.15, 0.2) is 83.8 Å². The van der Waals surface area contributed by atoms with Gasteiger partial charge in [0.05, 0.1) is 34.8 Å². The number of fused-ring (bicyclic) bond motifs is 2. The van der Waals surface area contributed by atoms with Gasteiger partial charge in [-0.15, -0.1) is 0 Å². The molecule has 0 spiro atoms. The number of hydrogen-bond donors (Lipinski definition) is 3. The Bertz CT molecular complexity index is 2090. The fourth-order valence-electron chi connectivity index (χ4n) is 7.65. The molecular formula is C40H43FN8. The Morgan fingerprint density at radius 3 is 2.73 bits per heavy atom. The molecule has 1 saturated carbocycles. The van der Waals surface area contributed by atoms with Crippen LogP contribution in [-0.2, 0) is 6.42 Å². The first-order valence-electron chi connectivity index (χ1n) is 17.8. The van der Waals surface area contributed by atoms with Gasteiger partial charge in [-0.05, 0) is 118 Å². The fraction of sp³-hybridized carbons (Fsp3) is 0.350. The second kappa shape index (κ2) is 13.9. The van der Waals surface area contributed by atoms with Crippen molar-refractivity contribution in [3.05, 3.63) is 95.9 Å². The van der Waals surface area contributed by atoms with Crippen molar-refractivity contribution in [2.45, 2.75) is 57.8 Å². The van der Waals surface area contributed by atoms with Crippen LogP contribution in [0.5, 0.6) is 0 Å². The predicted octanol–water partition coefficient (Wildman–Crippen LogP) is 8.37. The molecule has 8 nitrogen and oxygen atoms in total. The number of aliphatic imine (C=N–C) groups is 1. The van der Waals surface area contributed by atoms with Crippen LogP contribution in [0.4, 0.5) is 4.39 Å². The lowest BCUT2D eigenvalue weighted by Crippen LogP contribution is -2.21. The largest absolute Gasteiger partial charge is 0.358 e. The second-order valence-electron chi connectivity index (χ2n) is 13.7. The van der Waals surface area contributed by atoms with Crippen molar-refractivity contribution in [2.24, 2.45) is 10.9 Å². The molecule has 3 aliphatic rings. The lowest BCUT2D eigenvalue weighted by atomic mass is 9.87. The number of halogens is 1. The molecule has 0 radical (unpaired) electrons. The Hall–Kier alpha value is -4.89. The first kappa shape index (κ1) is 31.4. The summed E-state index contributed by atoms with van der Waals surface area (Å²) in [5, 5.41) is 12.3. The summed E-state index contributed by atoms with van der Waals surface area (Å²) in [6.45, 7) is 8.36. The van der Waals surface area contributed by atoms with Crippen LogP contribution in [0.25, 0.3) is 50.2 Å². The zero-order valence-electron chi connectivity index (χ0n) is 27.9. The molecule has 0 amide bonds. The Morgan fingerprint density at radius 2 is 1.86 bits per heavy atom. The second-order valence-corrected chi connectivity index (χ2v) is 13.7. The van der Waals surface area contributed by atoms with Crippen LogP contribution in [0.2, 0.25) is 0 Å². The van der Waals surface area contributed by atoms with E-state index in [1.165, 1.54) is 58.0 Å². The van der Waals surface area contributed by atoms with E-state index in [0.717, 1.165) is 92.2 Å². The zero-order chi connectivity index (χ0) is 33.2. The molecule has 1 aromatic carbocycles. The zero-order valence-corrected chi connectivity index (χ0v) is 27.9. The molecule has 8 rings (SSSR count). The quantitative estimate of drug-likeness (QED) is 0.141. The number of benzene rings is 1. The molecule has 49 heavy (non-hydrogen) atoms. The summed E-state index contributed by atoms with van der Waals surface area (Å²) in [6.07, 6.45) is 18.5. The number of rotatable bonds is 10. The first-order chi connectivity index (χ1) is 24.1. The number of allylic oxidation sites excluding steroid dienone is 4. The highest BCUT2D eigenvalue weighted by molar-refractivity contribution is 5.99. The topological polar surface area (TPSA) is 97.9 Å². The Morgan fingerprint density at radius 1 is 0.980 bits per heavy atom. The molecule has 6 heterocycles. The van der Waals surface area contributed by atoms with Crippen LogP contribution >= 0.6 is 0 Å². The number of hydrogen-bond acceptors (Lipinski definition) is 6. The first-order valence-corrected chi connectivity index (χ1v) is 17.8. The van der Waals surface area contributed by atoms with Gasteiger partial charge in [-0.2, -0.15) is 5.10 Å². The van der Waals surface area contributed by atoms with Gasteiger partial charge >= 0.3 is 0 Å². The normalized spacial score (nSPS) is 17.4. The molecule has 4 aromatic heterocycles. The molecular weight excluding hydrogens is 611 g/mol. The van der Waals surface area contributed by atoms with E-state index < -0.39 is 0 Å². The van der Waals surface area contributed by atoms with Crippen LogP contribution in [0, 0.1) is 11.7 Å². The minimum atomic E-state index is -0.234. The summed E-state index contributed by atoms with van der Waals surface area (Å²) in [7, 11) is 0. The molecule has 1 saturated heterocycles. The lowest BCUT2D eigenvalue weighted by molar-refractivity contribution is 0.334. The van der Waals surface area contributed by atoms with Gasteiger partial charge in [0.15, 0.2) is 0 Å². The smallest absolute Gasteiger partial charge is 0.135 e. The van der Waals surface area contributed by atoms with Crippen molar-refractivity contribution in [1.82, 2.24) is 35.4 Å². The van der Waals surface area contributed by atoms with Gasteiger partial charge < -0.3 is 15.2 Å². The summed E-state index contributed by atoms with van der Waals surface area (Å²) in [6, 6.07) is 13.4. The Kier molecular flexibility index (Phi) is 8.91. The van der Waals surface area contributed by atoms with Gasteiger partial charge in [0.25, 0.3) is 0 Å². The van der Waals surface area contributed by atoms with Crippen molar-refractivity contribution in [2.75, 3.05) is 26.2 Å². The molecule has 0 bridgehead atoms. The monoisotopic (exact) mass is 654 g/mol. The van der Waals surface area contributed by atoms with Gasteiger partial charge in [-0.1, -0.05) is 31.9 Å². The van der Waals surface area contributed by atoms with Gasteiger partial charge in [-0.25, -0.2) is 9.37 Å². The number of aromatic nitrogens is 5. The Labute approximate surface area is 286 Å². The lowest BCUT2D eigenvalue weighted by Gasteiger charge is -2.24. The number of aromatic amines is 2. The number of pyridine rings is 2. The molecule has 2 fully saturated rings. The number of H-pyrrole nitrogens is 2. The third-order valence-corrected chi connectivity index (χ3v) is 10.2. The highest BCUT2D eigenvalue weighted by Gasteiger charge is 2.19. The maximum Gasteiger partial charge on any atom is 0.135 e.